The smallest absolute Gasteiger partial charge is 0.0573 e. The maximum Gasteiger partial charge on any atom is 0.0573 e. The molecule has 2 aromatic carbocycles. The molecule has 0 saturated carbocycles. The van der Waals surface area contributed by atoms with Crippen molar-refractivity contribution in [2.75, 3.05) is 0 Å². The molecule has 40 heavy (non-hydrogen) atoms. The van der Waals surface area contributed by atoms with Gasteiger partial charge in [-0.15, -0.1) is 0 Å². The minimum absolute atomic E-state index is 0. The maximum atomic E-state index is 4.54. The normalized spacial score (nSPS) is 10.8. The summed E-state index contributed by atoms with van der Waals surface area (Å²) in [6, 6.07) is 0. The van der Waals surface area contributed by atoms with Crippen molar-refractivity contribution in [3.05, 3.63) is 66.8 Å². The van der Waals surface area contributed by atoms with Gasteiger partial charge in [0.2, 0.25) is 0 Å². The van der Waals surface area contributed by atoms with Gasteiger partial charge in [-0.05, 0) is 137 Å². The van der Waals surface area contributed by atoms with Crippen molar-refractivity contribution in [2.24, 2.45) is 10.2 Å². The topological polar surface area (TPSA) is 24.7 Å². The Balaban J connectivity index is -0.00000342. The van der Waals surface area contributed by atoms with Crippen LogP contribution in [-0.4, -0.2) is 12.4 Å². The largest absolute Gasteiger partial charge is 0.158 e. The van der Waals surface area contributed by atoms with Crippen LogP contribution in [0.25, 0.3) is 0 Å². The van der Waals surface area contributed by atoms with E-state index in [0.29, 0.717) is 0 Å². The molecule has 0 fully saturated rings. The van der Waals surface area contributed by atoms with Crippen LogP contribution < -0.4 is 0 Å². The van der Waals surface area contributed by atoms with Crippen LogP contribution in [0.3, 0.4) is 0 Å². The van der Waals surface area contributed by atoms with Gasteiger partial charge in [0.1, 0.15) is 0 Å². The Morgan fingerprint density at radius 1 is 0.400 bits per heavy atom. The highest BCUT2D eigenvalue weighted by Crippen LogP contribution is 2.29. The van der Waals surface area contributed by atoms with E-state index in [4.69, 9.17) is 0 Å². The van der Waals surface area contributed by atoms with Crippen molar-refractivity contribution >= 4 is 12.4 Å². The van der Waals surface area contributed by atoms with E-state index in [-0.39, 0.29) is 29.7 Å². The fraction of sp³-hybridized carbons (Fsp3) is 0.632. The van der Waals surface area contributed by atoms with E-state index < -0.39 is 0 Å². The number of nitrogens with zero attached hydrogens (tertiary/aromatic N) is 2. The summed E-state index contributed by atoms with van der Waals surface area (Å²) < 4.78 is 0. The first kappa shape index (κ1) is 42.2. The highest BCUT2D eigenvalue weighted by molar-refractivity contribution is 5.88. The lowest BCUT2D eigenvalue weighted by molar-refractivity contribution is 0.664. The molecule has 2 nitrogen and oxygen atoms in total. The fourth-order valence-electron chi connectivity index (χ4n) is 5.61. The van der Waals surface area contributed by atoms with E-state index in [1.54, 1.807) is 0 Å². The summed E-state index contributed by atoms with van der Waals surface area (Å²) in [7, 11) is 0. The van der Waals surface area contributed by atoms with E-state index >= 15 is 0 Å². The van der Waals surface area contributed by atoms with Gasteiger partial charge in [0, 0.05) is 11.1 Å². The summed E-state index contributed by atoms with van der Waals surface area (Å²) >= 11 is 0. The first-order valence-corrected chi connectivity index (χ1v) is 14.4. The predicted molar refractivity (Wildman–Crippen MR) is 189 cm³/mol. The lowest BCUT2D eigenvalue weighted by Crippen LogP contribution is -2.06. The standard InChI is InChI=1S/C34H52N2.4CH4/c1-11-13-15-17-19-31-23(3)27(7)33(28(8)24(31)4)21-35-36-22-34-29(9)25(5)32(26(6)30(34)10)20-18-16-14-12-2;;;;/h21-22H,11-20H2,1-10H3;4*1H4/b35-21+,36-22+;;;;. The molecule has 0 radical (unpaired) electrons. The molecule has 2 heteroatoms. The predicted octanol–water partition coefficient (Wildman–Crippen LogP) is 12.4. The Hall–Kier alpha value is -2.22. The van der Waals surface area contributed by atoms with Gasteiger partial charge in [-0.25, -0.2) is 0 Å². The number of unbranched alkanes of at least 4 members (excludes halogenated alkanes) is 6. The number of hydrogen-bond donors (Lipinski definition) is 0. The number of benzene rings is 2. The molecule has 0 bridgehead atoms. The van der Waals surface area contributed by atoms with Crippen molar-refractivity contribution in [1.29, 1.82) is 0 Å². The molecular weight excluding hydrogens is 484 g/mol. The second kappa shape index (κ2) is 20.6. The Morgan fingerprint density at radius 3 is 0.925 bits per heavy atom. The summed E-state index contributed by atoms with van der Waals surface area (Å²) in [5.74, 6) is 0. The second-order valence-electron chi connectivity index (χ2n) is 10.9. The van der Waals surface area contributed by atoms with Crippen molar-refractivity contribution in [2.45, 2.75) is 163 Å². The van der Waals surface area contributed by atoms with Crippen molar-refractivity contribution in [1.82, 2.24) is 0 Å². The van der Waals surface area contributed by atoms with Crippen molar-refractivity contribution in [3.63, 3.8) is 0 Å². The van der Waals surface area contributed by atoms with Gasteiger partial charge in [-0.1, -0.05) is 82.1 Å². The zero-order chi connectivity index (χ0) is 26.8. The third-order valence-electron chi connectivity index (χ3n) is 8.68. The molecule has 0 N–H and O–H groups in total. The third-order valence-corrected chi connectivity index (χ3v) is 8.68. The molecule has 0 aliphatic heterocycles. The lowest BCUT2D eigenvalue weighted by Gasteiger charge is -2.19. The van der Waals surface area contributed by atoms with Gasteiger partial charge in [0.15, 0.2) is 0 Å². The Bertz CT molecular complexity index is 940. The zero-order valence-corrected chi connectivity index (χ0v) is 25.1. The maximum absolute atomic E-state index is 4.54. The minimum atomic E-state index is 0. The minimum Gasteiger partial charge on any atom is -0.158 e. The van der Waals surface area contributed by atoms with Gasteiger partial charge >= 0.3 is 0 Å². The van der Waals surface area contributed by atoms with Crippen LogP contribution in [0.2, 0.25) is 0 Å². The first-order chi connectivity index (χ1) is 17.2. The third kappa shape index (κ3) is 10.3. The number of hydrogen-bond acceptors (Lipinski definition) is 2. The van der Waals surface area contributed by atoms with Crippen LogP contribution in [0, 0.1) is 55.4 Å². The summed E-state index contributed by atoms with van der Waals surface area (Å²) in [6.07, 6.45) is 16.7. The monoisotopic (exact) mass is 553 g/mol. The molecule has 0 heterocycles. The van der Waals surface area contributed by atoms with Crippen LogP contribution >= 0.6 is 0 Å². The number of rotatable bonds is 13. The van der Waals surface area contributed by atoms with E-state index in [9.17, 15) is 0 Å². The van der Waals surface area contributed by atoms with E-state index in [0.717, 1.165) is 0 Å². The van der Waals surface area contributed by atoms with Gasteiger partial charge < -0.3 is 0 Å². The highest BCUT2D eigenvalue weighted by atomic mass is 15.2. The molecule has 2 rings (SSSR count). The first-order valence-electron chi connectivity index (χ1n) is 14.4. The van der Waals surface area contributed by atoms with Crippen LogP contribution in [-0.2, 0) is 12.8 Å². The second-order valence-corrected chi connectivity index (χ2v) is 10.9. The SMILES string of the molecule is C.C.C.C.CCCCCCc1c(C)c(C)c(/C=N/N=C/c2c(C)c(C)c(CCCCCC)c(C)c2C)c(C)c1C. The summed E-state index contributed by atoms with van der Waals surface area (Å²) in [4.78, 5) is 0. The molecule has 0 unspecified atom stereocenters. The van der Waals surface area contributed by atoms with Crippen LogP contribution in [0.4, 0.5) is 0 Å². The summed E-state index contributed by atoms with van der Waals surface area (Å²) in [6.45, 7) is 22.6. The summed E-state index contributed by atoms with van der Waals surface area (Å²) in [5, 5.41) is 9.07. The summed E-state index contributed by atoms with van der Waals surface area (Å²) in [5.41, 5.74) is 16.6. The molecular formula is C38H68N2. The fourth-order valence-corrected chi connectivity index (χ4v) is 5.61. The average Bonchev–Trinajstić information content (AvgIpc) is 2.86. The lowest BCUT2D eigenvalue weighted by atomic mass is 9.87. The molecule has 2 aromatic rings. The highest BCUT2D eigenvalue weighted by Gasteiger charge is 2.15. The molecule has 0 spiro atoms. The van der Waals surface area contributed by atoms with Crippen LogP contribution in [0.1, 0.15) is 162 Å². The Morgan fingerprint density at radius 2 is 0.675 bits per heavy atom. The average molecular weight is 553 g/mol. The molecule has 0 atom stereocenters. The van der Waals surface area contributed by atoms with Crippen molar-refractivity contribution in [3.8, 4) is 0 Å². The van der Waals surface area contributed by atoms with Crippen LogP contribution in [0.5, 0.6) is 0 Å². The van der Waals surface area contributed by atoms with Gasteiger partial charge in [0.05, 0.1) is 12.4 Å². The van der Waals surface area contributed by atoms with E-state index in [1.807, 2.05) is 12.4 Å². The van der Waals surface area contributed by atoms with E-state index in [2.05, 4.69) is 79.4 Å². The molecule has 0 aromatic heterocycles. The Labute approximate surface area is 252 Å². The molecule has 0 saturated heterocycles. The van der Waals surface area contributed by atoms with Crippen LogP contribution in [0.15, 0.2) is 10.2 Å². The molecule has 230 valence electrons. The molecule has 0 aliphatic carbocycles. The van der Waals surface area contributed by atoms with Gasteiger partial charge in [-0.3, -0.25) is 0 Å². The quantitative estimate of drug-likeness (QED) is 0.134. The van der Waals surface area contributed by atoms with E-state index in [1.165, 1.54) is 131 Å². The Kier molecular flexibility index (Phi) is 21.8. The van der Waals surface area contributed by atoms with Crippen molar-refractivity contribution < 1.29 is 0 Å². The molecule has 0 amide bonds. The molecule has 0 aliphatic rings. The van der Waals surface area contributed by atoms with Gasteiger partial charge in [0.25, 0.3) is 0 Å². The zero-order valence-electron chi connectivity index (χ0n) is 25.1. The van der Waals surface area contributed by atoms with Gasteiger partial charge in [-0.2, -0.15) is 10.2 Å².